The summed E-state index contributed by atoms with van der Waals surface area (Å²) in [6.45, 7) is 2.20. The molecule has 0 radical (unpaired) electrons. The number of hydrogen-bond acceptors (Lipinski definition) is 3. The van der Waals surface area contributed by atoms with Gasteiger partial charge in [0.1, 0.15) is 5.75 Å². The molecule has 0 N–H and O–H groups in total. The van der Waals surface area contributed by atoms with Crippen molar-refractivity contribution in [2.24, 2.45) is 4.99 Å². The molecule has 0 saturated heterocycles. The highest BCUT2D eigenvalue weighted by atomic mass is 32.2. The molecule has 0 unspecified atom stereocenters. The van der Waals surface area contributed by atoms with E-state index in [1.165, 1.54) is 21.4 Å². The van der Waals surface area contributed by atoms with E-state index >= 15 is 0 Å². The predicted octanol–water partition coefficient (Wildman–Crippen LogP) is 4.12. The maximum absolute atomic E-state index is 5.25. The van der Waals surface area contributed by atoms with Gasteiger partial charge in [0.2, 0.25) is 0 Å². The number of thioether (sulfide) groups is 1. The maximum Gasteiger partial charge on any atom is 0.119 e. The first kappa shape index (κ1) is 12.5. The summed E-state index contributed by atoms with van der Waals surface area (Å²) in [5.41, 5.74) is 1.23. The highest BCUT2D eigenvalue weighted by Gasteiger charge is 2.17. The molecule has 2 aromatic carbocycles. The molecule has 2 nitrogen and oxygen atoms in total. The number of fused-ring (bicyclic) bond motifs is 1. The summed E-state index contributed by atoms with van der Waals surface area (Å²) < 4.78 is 5.25. The Hall–Kier alpha value is -1.48. The van der Waals surface area contributed by atoms with Crippen LogP contribution < -0.4 is 4.74 Å². The number of nitrogens with zero attached hydrogens (tertiary/aromatic N) is 1. The van der Waals surface area contributed by atoms with Gasteiger partial charge >= 0.3 is 0 Å². The first-order valence-electron chi connectivity index (χ1n) is 6.59. The normalized spacial score (nSPS) is 18.6. The van der Waals surface area contributed by atoms with Gasteiger partial charge in [0.25, 0.3) is 0 Å². The third kappa shape index (κ3) is 2.47. The third-order valence-corrected chi connectivity index (χ3v) is 4.64. The van der Waals surface area contributed by atoms with Gasteiger partial charge in [0.15, 0.2) is 0 Å². The Balaban J connectivity index is 1.98. The highest BCUT2D eigenvalue weighted by molar-refractivity contribution is 8.14. The van der Waals surface area contributed by atoms with Crippen LogP contribution in [0.4, 0.5) is 0 Å². The molecule has 98 valence electrons. The zero-order valence-electron chi connectivity index (χ0n) is 11.2. The first-order valence-corrected chi connectivity index (χ1v) is 7.57. The highest BCUT2D eigenvalue weighted by Crippen LogP contribution is 2.28. The summed E-state index contributed by atoms with van der Waals surface area (Å²) in [5.74, 6) is 2.02. The van der Waals surface area contributed by atoms with Crippen molar-refractivity contribution in [1.82, 2.24) is 0 Å². The quantitative estimate of drug-likeness (QED) is 0.837. The Kier molecular flexibility index (Phi) is 3.47. The van der Waals surface area contributed by atoms with Crippen molar-refractivity contribution in [3.05, 3.63) is 42.0 Å². The fourth-order valence-corrected chi connectivity index (χ4v) is 3.44. The lowest BCUT2D eigenvalue weighted by Gasteiger charge is -2.05. The lowest BCUT2D eigenvalue weighted by Crippen LogP contribution is -1.99. The number of hydrogen-bond donors (Lipinski definition) is 0. The van der Waals surface area contributed by atoms with Crippen molar-refractivity contribution in [3.63, 3.8) is 0 Å². The monoisotopic (exact) mass is 271 g/mol. The molecule has 0 aliphatic carbocycles. The Morgan fingerprint density at radius 3 is 2.74 bits per heavy atom. The molecule has 0 fully saturated rings. The number of rotatable bonds is 3. The van der Waals surface area contributed by atoms with Crippen LogP contribution in [0.1, 0.15) is 18.9 Å². The lowest BCUT2D eigenvalue weighted by molar-refractivity contribution is 0.415. The molecule has 3 rings (SSSR count). The molecule has 0 aromatic heterocycles. The van der Waals surface area contributed by atoms with Crippen molar-refractivity contribution >= 4 is 27.6 Å². The van der Waals surface area contributed by atoms with Crippen LogP contribution in [-0.4, -0.2) is 23.9 Å². The number of aliphatic imine (C=N–C) groups is 1. The molecule has 0 amide bonds. The van der Waals surface area contributed by atoms with E-state index in [9.17, 15) is 0 Å². The van der Waals surface area contributed by atoms with Gasteiger partial charge in [-0.2, -0.15) is 0 Å². The summed E-state index contributed by atoms with van der Waals surface area (Å²) in [4.78, 5) is 4.77. The standard InChI is InChI=1S/C16H17NOS/c1-3-14-10-19-16(17-14)13-5-4-12-9-15(18-2)7-6-11(12)8-13/h4-9,14H,3,10H2,1-2H3/t14-/m1/s1. The Labute approximate surface area is 117 Å². The number of methoxy groups -OCH3 is 1. The molecule has 1 heterocycles. The van der Waals surface area contributed by atoms with Crippen LogP contribution in [0.25, 0.3) is 10.8 Å². The van der Waals surface area contributed by atoms with Crippen molar-refractivity contribution in [1.29, 1.82) is 0 Å². The molecular weight excluding hydrogens is 254 g/mol. The van der Waals surface area contributed by atoms with Gasteiger partial charge in [-0.1, -0.05) is 25.1 Å². The SMILES string of the molecule is CC[C@@H]1CSC(c2ccc3cc(OC)ccc3c2)=N1. The molecule has 0 bridgehead atoms. The number of ether oxygens (including phenoxy) is 1. The zero-order chi connectivity index (χ0) is 13.2. The maximum atomic E-state index is 5.25. The molecular formula is C16H17NOS. The van der Waals surface area contributed by atoms with E-state index in [1.54, 1.807) is 7.11 Å². The van der Waals surface area contributed by atoms with E-state index in [0.717, 1.165) is 17.9 Å². The Bertz CT molecular complexity index is 636. The summed E-state index contributed by atoms with van der Waals surface area (Å²) in [5, 5.41) is 3.63. The van der Waals surface area contributed by atoms with E-state index < -0.39 is 0 Å². The fraction of sp³-hybridized carbons (Fsp3) is 0.312. The minimum absolute atomic E-state index is 0.492. The van der Waals surface area contributed by atoms with Crippen LogP contribution in [0, 0.1) is 0 Å². The first-order chi connectivity index (χ1) is 9.30. The second kappa shape index (κ2) is 5.25. The summed E-state index contributed by atoms with van der Waals surface area (Å²) in [6.07, 6.45) is 1.13. The van der Waals surface area contributed by atoms with Gasteiger partial charge in [-0.3, -0.25) is 4.99 Å². The van der Waals surface area contributed by atoms with Gasteiger partial charge in [0, 0.05) is 11.3 Å². The number of benzene rings is 2. The minimum Gasteiger partial charge on any atom is -0.497 e. The Morgan fingerprint density at radius 1 is 1.21 bits per heavy atom. The summed E-state index contributed by atoms with van der Waals surface area (Å²) >= 11 is 1.87. The van der Waals surface area contributed by atoms with Crippen molar-refractivity contribution in [2.45, 2.75) is 19.4 Å². The average Bonchev–Trinajstić information content (AvgIpc) is 2.95. The smallest absolute Gasteiger partial charge is 0.119 e. The molecule has 3 heteroatoms. The fourth-order valence-electron chi connectivity index (χ4n) is 2.27. The van der Waals surface area contributed by atoms with Crippen molar-refractivity contribution < 1.29 is 4.74 Å². The van der Waals surface area contributed by atoms with Crippen LogP contribution in [0.5, 0.6) is 5.75 Å². The summed E-state index contributed by atoms with van der Waals surface area (Å²) in [6, 6.07) is 13.2. The van der Waals surface area contributed by atoms with Crippen LogP contribution in [-0.2, 0) is 0 Å². The lowest BCUT2D eigenvalue weighted by atomic mass is 10.1. The van der Waals surface area contributed by atoms with E-state index in [-0.39, 0.29) is 0 Å². The molecule has 0 saturated carbocycles. The van der Waals surface area contributed by atoms with Gasteiger partial charge in [-0.05, 0) is 35.4 Å². The van der Waals surface area contributed by atoms with Crippen molar-refractivity contribution in [3.8, 4) is 5.75 Å². The topological polar surface area (TPSA) is 21.6 Å². The van der Waals surface area contributed by atoms with Gasteiger partial charge in [0.05, 0.1) is 18.2 Å². The van der Waals surface area contributed by atoms with Crippen LogP contribution >= 0.6 is 11.8 Å². The zero-order valence-corrected chi connectivity index (χ0v) is 12.0. The van der Waals surface area contributed by atoms with Gasteiger partial charge < -0.3 is 4.74 Å². The minimum atomic E-state index is 0.492. The average molecular weight is 271 g/mol. The second-order valence-electron chi connectivity index (χ2n) is 4.74. The van der Waals surface area contributed by atoms with E-state index in [4.69, 9.17) is 9.73 Å². The van der Waals surface area contributed by atoms with Crippen LogP contribution in [0.2, 0.25) is 0 Å². The molecule has 1 atom stereocenters. The molecule has 19 heavy (non-hydrogen) atoms. The van der Waals surface area contributed by atoms with Gasteiger partial charge in [-0.25, -0.2) is 0 Å². The van der Waals surface area contributed by atoms with E-state index in [1.807, 2.05) is 17.8 Å². The molecule has 2 aromatic rings. The summed E-state index contributed by atoms with van der Waals surface area (Å²) in [7, 11) is 1.70. The largest absolute Gasteiger partial charge is 0.497 e. The van der Waals surface area contributed by atoms with Crippen LogP contribution in [0.15, 0.2) is 41.4 Å². The van der Waals surface area contributed by atoms with Gasteiger partial charge in [-0.15, -0.1) is 11.8 Å². The molecule has 1 aliphatic heterocycles. The van der Waals surface area contributed by atoms with E-state index in [0.29, 0.717) is 6.04 Å². The Morgan fingerprint density at radius 2 is 2.00 bits per heavy atom. The molecule has 0 spiro atoms. The third-order valence-electron chi connectivity index (χ3n) is 3.48. The van der Waals surface area contributed by atoms with Crippen LogP contribution in [0.3, 0.4) is 0 Å². The molecule has 1 aliphatic rings. The second-order valence-corrected chi connectivity index (χ2v) is 5.74. The van der Waals surface area contributed by atoms with Crippen molar-refractivity contribution in [2.75, 3.05) is 12.9 Å². The van der Waals surface area contributed by atoms with E-state index in [2.05, 4.69) is 37.3 Å². The predicted molar refractivity (Wildman–Crippen MR) is 83.6 cm³/mol.